The van der Waals surface area contributed by atoms with Crippen LogP contribution in [0.15, 0.2) is 0 Å². The zero-order valence-electron chi connectivity index (χ0n) is 8.28. The van der Waals surface area contributed by atoms with Crippen molar-refractivity contribution < 1.29 is 14.7 Å². The van der Waals surface area contributed by atoms with Crippen LogP contribution in [0.2, 0.25) is 0 Å². The fourth-order valence-electron chi connectivity index (χ4n) is 0.829. The Morgan fingerprint density at radius 1 is 1.43 bits per heavy atom. The molecule has 0 saturated heterocycles. The predicted molar refractivity (Wildman–Crippen MR) is 56.1 cm³/mol. The summed E-state index contributed by atoms with van der Waals surface area (Å²) < 4.78 is 0. The first-order valence-corrected chi connectivity index (χ1v) is 4.93. The van der Waals surface area contributed by atoms with Crippen LogP contribution in [-0.4, -0.2) is 41.4 Å². The monoisotopic (exact) mass is 220 g/mol. The summed E-state index contributed by atoms with van der Waals surface area (Å²) >= 11 is 3.94. The number of thiol groups is 1. The molecule has 0 aromatic rings. The Balaban J connectivity index is 4.10. The molecule has 0 fully saturated rings. The SMILES string of the molecule is CC(=O)NC(CS)C(=O)NC(C)CO. The van der Waals surface area contributed by atoms with Crippen LogP contribution in [0, 0.1) is 0 Å². The van der Waals surface area contributed by atoms with Gasteiger partial charge in [-0.2, -0.15) is 12.6 Å². The molecule has 0 aromatic carbocycles. The third-order valence-corrected chi connectivity index (χ3v) is 1.90. The van der Waals surface area contributed by atoms with Crippen molar-refractivity contribution in [3.8, 4) is 0 Å². The van der Waals surface area contributed by atoms with Gasteiger partial charge < -0.3 is 15.7 Å². The third-order valence-electron chi connectivity index (χ3n) is 1.54. The minimum atomic E-state index is -0.648. The first kappa shape index (κ1) is 13.2. The highest BCUT2D eigenvalue weighted by Gasteiger charge is 2.18. The Labute approximate surface area is 88.7 Å². The van der Waals surface area contributed by atoms with E-state index in [4.69, 9.17) is 5.11 Å². The summed E-state index contributed by atoms with van der Waals surface area (Å²) in [5, 5.41) is 13.7. The lowest BCUT2D eigenvalue weighted by Gasteiger charge is -2.17. The van der Waals surface area contributed by atoms with Crippen LogP contribution in [0.5, 0.6) is 0 Å². The molecule has 2 atom stereocenters. The van der Waals surface area contributed by atoms with E-state index in [1.54, 1.807) is 6.92 Å². The molecule has 0 rings (SSSR count). The van der Waals surface area contributed by atoms with Crippen LogP contribution in [0.3, 0.4) is 0 Å². The van der Waals surface area contributed by atoms with Crippen LogP contribution in [0.25, 0.3) is 0 Å². The van der Waals surface area contributed by atoms with Gasteiger partial charge in [0, 0.05) is 18.7 Å². The molecule has 6 heteroatoms. The molecule has 0 heterocycles. The molecule has 5 nitrogen and oxygen atoms in total. The van der Waals surface area contributed by atoms with Crippen molar-refractivity contribution in [3.63, 3.8) is 0 Å². The van der Waals surface area contributed by atoms with Crippen molar-refractivity contribution in [2.75, 3.05) is 12.4 Å². The lowest BCUT2D eigenvalue weighted by atomic mass is 10.2. The van der Waals surface area contributed by atoms with E-state index in [2.05, 4.69) is 23.3 Å². The van der Waals surface area contributed by atoms with Gasteiger partial charge in [-0.1, -0.05) is 0 Å². The fourth-order valence-corrected chi connectivity index (χ4v) is 1.09. The Morgan fingerprint density at radius 2 is 2.00 bits per heavy atom. The Morgan fingerprint density at radius 3 is 2.36 bits per heavy atom. The highest BCUT2D eigenvalue weighted by molar-refractivity contribution is 7.80. The van der Waals surface area contributed by atoms with Crippen LogP contribution >= 0.6 is 12.6 Å². The minimum Gasteiger partial charge on any atom is -0.394 e. The van der Waals surface area contributed by atoms with Gasteiger partial charge in [-0.15, -0.1) is 0 Å². The average molecular weight is 220 g/mol. The smallest absolute Gasteiger partial charge is 0.243 e. The largest absolute Gasteiger partial charge is 0.394 e. The number of aliphatic hydroxyl groups is 1. The summed E-state index contributed by atoms with van der Waals surface area (Å²) in [5.74, 6) is -0.392. The molecule has 0 aliphatic rings. The standard InChI is InChI=1S/C8H16N2O3S/c1-5(3-11)9-8(13)7(4-14)10-6(2)12/h5,7,11,14H,3-4H2,1-2H3,(H,9,13)(H,10,12). The second kappa shape index (κ2) is 6.67. The van der Waals surface area contributed by atoms with Gasteiger partial charge in [0.15, 0.2) is 0 Å². The first-order chi connectivity index (χ1) is 6.51. The minimum absolute atomic E-state index is 0.134. The van der Waals surface area contributed by atoms with E-state index in [1.165, 1.54) is 6.92 Å². The Kier molecular flexibility index (Phi) is 6.31. The van der Waals surface area contributed by atoms with E-state index in [0.29, 0.717) is 0 Å². The molecule has 82 valence electrons. The molecule has 3 N–H and O–H groups in total. The molecule has 0 radical (unpaired) electrons. The highest BCUT2D eigenvalue weighted by atomic mass is 32.1. The van der Waals surface area contributed by atoms with Gasteiger partial charge in [0.25, 0.3) is 0 Å². The second-order valence-corrected chi connectivity index (χ2v) is 3.39. The van der Waals surface area contributed by atoms with Crippen molar-refractivity contribution >= 4 is 24.4 Å². The van der Waals surface area contributed by atoms with E-state index >= 15 is 0 Å². The summed E-state index contributed by atoms with van der Waals surface area (Å²) in [6.45, 7) is 2.87. The maximum Gasteiger partial charge on any atom is 0.243 e. The van der Waals surface area contributed by atoms with Crippen molar-refractivity contribution in [1.82, 2.24) is 10.6 Å². The van der Waals surface area contributed by atoms with Crippen LogP contribution in [0.1, 0.15) is 13.8 Å². The van der Waals surface area contributed by atoms with Crippen molar-refractivity contribution in [3.05, 3.63) is 0 Å². The van der Waals surface area contributed by atoms with E-state index in [0.717, 1.165) is 0 Å². The van der Waals surface area contributed by atoms with Crippen LogP contribution < -0.4 is 10.6 Å². The van der Waals surface area contributed by atoms with Gasteiger partial charge in [0.05, 0.1) is 6.61 Å². The van der Waals surface area contributed by atoms with Crippen LogP contribution in [-0.2, 0) is 9.59 Å². The number of carbonyl (C=O) groups excluding carboxylic acids is 2. The molecule has 0 saturated carbocycles. The number of amides is 2. The second-order valence-electron chi connectivity index (χ2n) is 3.03. The van der Waals surface area contributed by atoms with Gasteiger partial charge >= 0.3 is 0 Å². The van der Waals surface area contributed by atoms with Crippen molar-refractivity contribution in [2.24, 2.45) is 0 Å². The van der Waals surface area contributed by atoms with E-state index < -0.39 is 6.04 Å². The number of carbonyl (C=O) groups is 2. The maximum absolute atomic E-state index is 11.4. The molecule has 0 aromatic heterocycles. The summed E-state index contributed by atoms with van der Waals surface area (Å²) in [6.07, 6.45) is 0. The lowest BCUT2D eigenvalue weighted by molar-refractivity contribution is -0.128. The Bertz CT molecular complexity index is 211. The quantitative estimate of drug-likeness (QED) is 0.445. The van der Waals surface area contributed by atoms with Gasteiger partial charge in [0.2, 0.25) is 11.8 Å². The molecular weight excluding hydrogens is 204 g/mol. The zero-order valence-corrected chi connectivity index (χ0v) is 9.17. The molecule has 0 aliphatic carbocycles. The lowest BCUT2D eigenvalue weighted by Crippen LogP contribution is -2.50. The molecule has 0 spiro atoms. The number of aliphatic hydroxyl groups excluding tert-OH is 1. The van der Waals surface area contributed by atoms with E-state index in [1.807, 2.05) is 0 Å². The van der Waals surface area contributed by atoms with Gasteiger partial charge in [0.1, 0.15) is 6.04 Å². The van der Waals surface area contributed by atoms with Crippen LogP contribution in [0.4, 0.5) is 0 Å². The molecule has 0 aliphatic heterocycles. The van der Waals surface area contributed by atoms with E-state index in [9.17, 15) is 9.59 Å². The maximum atomic E-state index is 11.4. The molecule has 2 unspecified atom stereocenters. The fraction of sp³-hybridized carbons (Fsp3) is 0.750. The molecule has 0 bridgehead atoms. The summed E-state index contributed by atoms with van der Waals surface area (Å²) in [5.41, 5.74) is 0. The summed E-state index contributed by atoms with van der Waals surface area (Å²) in [6, 6.07) is -0.969. The molecule has 14 heavy (non-hydrogen) atoms. The van der Waals surface area contributed by atoms with Gasteiger partial charge in [-0.05, 0) is 6.92 Å². The number of rotatable bonds is 5. The van der Waals surface area contributed by atoms with Crippen molar-refractivity contribution in [2.45, 2.75) is 25.9 Å². The number of hydrogen-bond acceptors (Lipinski definition) is 4. The third kappa shape index (κ3) is 5.08. The Hall–Kier alpha value is -0.750. The zero-order chi connectivity index (χ0) is 11.1. The first-order valence-electron chi connectivity index (χ1n) is 4.30. The van der Waals surface area contributed by atoms with Crippen molar-refractivity contribution in [1.29, 1.82) is 0 Å². The predicted octanol–water partition coefficient (Wildman–Crippen LogP) is -1.08. The average Bonchev–Trinajstić information content (AvgIpc) is 2.13. The summed E-state index contributed by atoms with van der Waals surface area (Å²) in [4.78, 5) is 22.1. The number of hydrogen-bond donors (Lipinski definition) is 4. The van der Waals surface area contributed by atoms with Gasteiger partial charge in [-0.25, -0.2) is 0 Å². The van der Waals surface area contributed by atoms with E-state index in [-0.39, 0.29) is 30.2 Å². The highest BCUT2D eigenvalue weighted by Crippen LogP contribution is 1.90. The molecule has 2 amide bonds. The summed E-state index contributed by atoms with van der Waals surface area (Å²) in [7, 11) is 0. The van der Waals surface area contributed by atoms with Gasteiger partial charge in [-0.3, -0.25) is 9.59 Å². The molecular formula is C8H16N2O3S. The topological polar surface area (TPSA) is 78.4 Å². The number of nitrogens with one attached hydrogen (secondary N) is 2. The normalized spacial score (nSPS) is 14.3.